The van der Waals surface area contributed by atoms with Crippen LogP contribution >= 0.6 is 17.9 Å². The molecule has 0 saturated heterocycles. The van der Waals surface area contributed by atoms with E-state index in [1.165, 1.54) is 5.56 Å². The van der Waals surface area contributed by atoms with Crippen LogP contribution in [-0.2, 0) is 0 Å². The van der Waals surface area contributed by atoms with Crippen LogP contribution in [0.3, 0.4) is 0 Å². The van der Waals surface area contributed by atoms with Crippen LogP contribution in [0, 0.1) is 0 Å². The van der Waals surface area contributed by atoms with E-state index in [4.69, 9.17) is 17.9 Å². The molecular weight excluding hydrogens is 431 g/mol. The van der Waals surface area contributed by atoms with Gasteiger partial charge in [0.05, 0.1) is 0 Å². The molecule has 0 amide bonds. The molecule has 0 aliphatic heterocycles. The summed E-state index contributed by atoms with van der Waals surface area (Å²) >= 11 is -3.36. The van der Waals surface area contributed by atoms with Gasteiger partial charge >= 0.3 is 142 Å². The molecule has 0 heterocycles. The average Bonchev–Trinajstić information content (AvgIpc) is 2.56. The summed E-state index contributed by atoms with van der Waals surface area (Å²) < 4.78 is 1.90. The molecular formula is C18H14Cl2OTe. The molecule has 0 unspecified atom stereocenters. The van der Waals surface area contributed by atoms with E-state index in [1.807, 2.05) is 42.5 Å². The summed E-state index contributed by atoms with van der Waals surface area (Å²) in [5.74, 6) is 0.218. The van der Waals surface area contributed by atoms with Gasteiger partial charge in [-0.15, -0.1) is 0 Å². The molecule has 0 saturated carbocycles. The molecule has 22 heavy (non-hydrogen) atoms. The molecule has 4 heteroatoms. The van der Waals surface area contributed by atoms with E-state index in [1.54, 1.807) is 12.1 Å². The van der Waals surface area contributed by atoms with Gasteiger partial charge in [0.15, 0.2) is 0 Å². The van der Waals surface area contributed by atoms with Gasteiger partial charge in [-0.1, -0.05) is 0 Å². The fraction of sp³-hybridized carbons (Fsp3) is 0. The fourth-order valence-corrected chi connectivity index (χ4v) is 8.47. The molecule has 3 aromatic rings. The molecule has 0 aromatic heterocycles. The molecule has 3 rings (SSSR count). The van der Waals surface area contributed by atoms with E-state index in [9.17, 15) is 5.11 Å². The van der Waals surface area contributed by atoms with E-state index in [-0.39, 0.29) is 5.75 Å². The van der Waals surface area contributed by atoms with Crippen LogP contribution in [0.15, 0.2) is 78.9 Å². The second kappa shape index (κ2) is 6.52. The van der Waals surface area contributed by atoms with Gasteiger partial charge < -0.3 is 0 Å². The third-order valence-corrected chi connectivity index (χ3v) is 13.1. The van der Waals surface area contributed by atoms with Crippen LogP contribution < -0.4 is 7.22 Å². The van der Waals surface area contributed by atoms with Gasteiger partial charge in [-0.3, -0.25) is 0 Å². The topological polar surface area (TPSA) is 20.2 Å². The van der Waals surface area contributed by atoms with Crippen molar-refractivity contribution >= 4 is 41.1 Å². The minimum atomic E-state index is -3.36. The van der Waals surface area contributed by atoms with Gasteiger partial charge in [-0.05, 0) is 0 Å². The molecule has 0 aliphatic carbocycles. The SMILES string of the molecule is Oc1ccc([Te](Cl)(Cl)c2ccc(-c3ccccc3)cc2)cc1. The first-order chi connectivity index (χ1) is 10.6. The standard InChI is InChI=1S/C18H14Cl2OTe/c19-22(20,18-12-8-16(21)9-13-18)17-10-6-15(7-11-17)14-4-2-1-3-5-14/h1-13,21H. The second-order valence-corrected chi connectivity index (χ2v) is 17.5. The van der Waals surface area contributed by atoms with Crippen molar-refractivity contribution in [3.63, 3.8) is 0 Å². The summed E-state index contributed by atoms with van der Waals surface area (Å²) in [7, 11) is 13.4. The Balaban J connectivity index is 1.93. The fourth-order valence-electron chi connectivity index (χ4n) is 2.20. The Bertz CT molecular complexity index is 753. The zero-order valence-electron chi connectivity index (χ0n) is 11.6. The maximum atomic E-state index is 9.39. The van der Waals surface area contributed by atoms with Crippen molar-refractivity contribution in [3.05, 3.63) is 78.9 Å². The van der Waals surface area contributed by atoms with E-state index >= 15 is 0 Å². The predicted octanol–water partition coefficient (Wildman–Crippen LogP) is 4.09. The van der Waals surface area contributed by atoms with Gasteiger partial charge in [0, 0.05) is 0 Å². The monoisotopic (exact) mass is 446 g/mol. The number of hydrogen-bond donors (Lipinski definition) is 1. The number of aromatic hydroxyl groups is 1. The van der Waals surface area contributed by atoms with Gasteiger partial charge in [0.2, 0.25) is 0 Å². The Kier molecular flexibility index (Phi) is 4.66. The quantitative estimate of drug-likeness (QED) is 0.603. The summed E-state index contributed by atoms with van der Waals surface area (Å²) in [4.78, 5) is 0. The molecule has 0 aliphatic rings. The van der Waals surface area contributed by atoms with Crippen LogP contribution in [0.5, 0.6) is 5.75 Å². The van der Waals surface area contributed by atoms with Crippen LogP contribution in [0.25, 0.3) is 11.1 Å². The molecule has 1 N–H and O–H groups in total. The van der Waals surface area contributed by atoms with Gasteiger partial charge in [0.25, 0.3) is 0 Å². The minimum absolute atomic E-state index is 0.218. The van der Waals surface area contributed by atoms with Crippen molar-refractivity contribution in [1.29, 1.82) is 0 Å². The zero-order chi connectivity index (χ0) is 15.6. The molecule has 112 valence electrons. The Labute approximate surface area is 141 Å². The van der Waals surface area contributed by atoms with Gasteiger partial charge in [0.1, 0.15) is 0 Å². The summed E-state index contributed by atoms with van der Waals surface area (Å²) in [6.45, 7) is 0. The normalized spacial score (nSPS) is 12.1. The third-order valence-electron chi connectivity index (χ3n) is 3.39. The first-order valence-electron chi connectivity index (χ1n) is 6.74. The molecule has 0 bridgehead atoms. The summed E-state index contributed by atoms with van der Waals surface area (Å²) in [5.41, 5.74) is 2.31. The van der Waals surface area contributed by atoms with Crippen LogP contribution in [0.2, 0.25) is 0 Å². The average molecular weight is 445 g/mol. The predicted molar refractivity (Wildman–Crippen MR) is 96.7 cm³/mol. The van der Waals surface area contributed by atoms with Crippen LogP contribution in [0.4, 0.5) is 0 Å². The van der Waals surface area contributed by atoms with Crippen molar-refractivity contribution in [2.24, 2.45) is 0 Å². The Morgan fingerprint density at radius 1 is 0.591 bits per heavy atom. The number of benzene rings is 3. The second-order valence-electron chi connectivity index (χ2n) is 4.85. The van der Waals surface area contributed by atoms with E-state index in [0.29, 0.717) is 0 Å². The molecule has 1 nitrogen and oxygen atoms in total. The Morgan fingerprint density at radius 3 is 1.59 bits per heavy atom. The van der Waals surface area contributed by atoms with E-state index in [0.717, 1.165) is 12.8 Å². The number of phenolic OH excluding ortho intramolecular Hbond substituents is 1. The van der Waals surface area contributed by atoms with E-state index in [2.05, 4.69) is 24.3 Å². The van der Waals surface area contributed by atoms with Gasteiger partial charge in [-0.2, -0.15) is 0 Å². The number of phenols is 1. The maximum absolute atomic E-state index is 9.39. The zero-order valence-corrected chi connectivity index (χ0v) is 15.5. The number of hydrogen-bond acceptors (Lipinski definition) is 1. The van der Waals surface area contributed by atoms with Crippen molar-refractivity contribution < 1.29 is 5.11 Å². The molecule has 0 radical (unpaired) electrons. The molecule has 0 atom stereocenters. The first kappa shape index (κ1) is 15.7. The summed E-state index contributed by atoms with van der Waals surface area (Å²) in [6, 6.07) is 25.2. The summed E-state index contributed by atoms with van der Waals surface area (Å²) in [6.07, 6.45) is 0. The van der Waals surface area contributed by atoms with Crippen molar-refractivity contribution in [2.45, 2.75) is 0 Å². The molecule has 0 fully saturated rings. The molecule has 0 spiro atoms. The Hall–Kier alpha value is -1.17. The summed E-state index contributed by atoms with van der Waals surface area (Å²) in [5, 5.41) is 9.39. The Morgan fingerprint density at radius 2 is 1.05 bits per heavy atom. The van der Waals surface area contributed by atoms with Crippen LogP contribution in [0.1, 0.15) is 0 Å². The van der Waals surface area contributed by atoms with Crippen molar-refractivity contribution in [3.8, 4) is 16.9 Å². The number of rotatable bonds is 3. The van der Waals surface area contributed by atoms with E-state index < -0.39 is 15.9 Å². The van der Waals surface area contributed by atoms with Gasteiger partial charge in [-0.25, -0.2) is 0 Å². The first-order valence-corrected chi connectivity index (χ1v) is 15.0. The number of halogens is 2. The molecule has 3 aromatic carbocycles. The van der Waals surface area contributed by atoms with Crippen molar-refractivity contribution in [1.82, 2.24) is 0 Å². The third kappa shape index (κ3) is 3.26. The van der Waals surface area contributed by atoms with Crippen LogP contribution in [-0.4, -0.2) is 21.0 Å². The van der Waals surface area contributed by atoms with Crippen molar-refractivity contribution in [2.75, 3.05) is 0 Å².